The van der Waals surface area contributed by atoms with Gasteiger partial charge >= 0.3 is 7.82 Å². The van der Waals surface area contributed by atoms with E-state index >= 15 is 0 Å². The van der Waals surface area contributed by atoms with Gasteiger partial charge in [-0.2, -0.15) is 0 Å². The standard InChI is InChI=1S/H3O4P.H3Si.Zr/c1-5(2,3)4;;/h(H3,1,2,3,4);1H3;. The van der Waals surface area contributed by atoms with Crippen molar-refractivity contribution >= 4 is 18.8 Å². The van der Waals surface area contributed by atoms with E-state index in [1.165, 1.54) is 0 Å². The molecule has 0 aromatic carbocycles. The number of rotatable bonds is 0. The molecule has 0 aromatic heterocycles. The molecule has 0 aliphatic heterocycles. The van der Waals surface area contributed by atoms with E-state index in [9.17, 15) is 0 Å². The molecule has 0 saturated carbocycles. The Morgan fingerprint density at radius 3 is 1.14 bits per heavy atom. The number of phosphoric acid groups is 1. The van der Waals surface area contributed by atoms with Crippen molar-refractivity contribution in [3.63, 3.8) is 0 Å². The van der Waals surface area contributed by atoms with Crippen molar-refractivity contribution in [2.45, 2.75) is 0 Å². The Labute approximate surface area is 64.3 Å². The molecule has 0 saturated heterocycles. The van der Waals surface area contributed by atoms with Crippen molar-refractivity contribution in [1.82, 2.24) is 0 Å². The second-order valence-electron chi connectivity index (χ2n) is 0.513. The molecule has 7 heavy (non-hydrogen) atoms. The Bertz CT molecular complexity index is 57.8. The summed E-state index contributed by atoms with van der Waals surface area (Å²) in [6.07, 6.45) is 0. The summed E-state index contributed by atoms with van der Waals surface area (Å²) in [6, 6.07) is 0. The van der Waals surface area contributed by atoms with Crippen molar-refractivity contribution < 1.29 is 45.4 Å². The van der Waals surface area contributed by atoms with Crippen LogP contribution in [-0.4, -0.2) is 25.6 Å². The van der Waals surface area contributed by atoms with Crippen LogP contribution in [0.3, 0.4) is 0 Å². The van der Waals surface area contributed by atoms with Gasteiger partial charge in [-0.1, -0.05) is 0 Å². The Balaban J connectivity index is -0.0000000800. The molecule has 0 unspecified atom stereocenters. The minimum Gasteiger partial charge on any atom is -0.303 e. The zero-order valence-corrected chi connectivity index (χ0v) is 9.05. The summed E-state index contributed by atoms with van der Waals surface area (Å²) < 4.78 is 8.88. The third kappa shape index (κ3) is 134. The molecule has 0 amide bonds. The zero-order chi connectivity index (χ0) is 4.50. The molecule has 0 fully saturated rings. The van der Waals surface area contributed by atoms with E-state index in [2.05, 4.69) is 0 Å². The van der Waals surface area contributed by atoms with Gasteiger partial charge in [-0.05, 0) is 11.0 Å². The predicted octanol–water partition coefficient (Wildman–Crippen LogP) is -2.12. The van der Waals surface area contributed by atoms with Gasteiger partial charge in [0, 0.05) is 26.2 Å². The van der Waals surface area contributed by atoms with Crippen LogP contribution in [0.25, 0.3) is 0 Å². The Morgan fingerprint density at radius 2 is 1.14 bits per heavy atom. The van der Waals surface area contributed by atoms with E-state index in [1.54, 1.807) is 0 Å². The molecule has 7 heteroatoms. The van der Waals surface area contributed by atoms with Gasteiger partial charge < -0.3 is 14.7 Å². The summed E-state index contributed by atoms with van der Waals surface area (Å²) in [6.45, 7) is 0. The van der Waals surface area contributed by atoms with Crippen molar-refractivity contribution in [2.75, 3.05) is 0 Å². The average Bonchev–Trinajstić information content (AvgIpc) is 0.722. The van der Waals surface area contributed by atoms with E-state index in [0.717, 1.165) is 0 Å². The van der Waals surface area contributed by atoms with Gasteiger partial charge in [0.15, 0.2) is 0 Å². The summed E-state index contributed by atoms with van der Waals surface area (Å²) in [4.78, 5) is 21.6. The van der Waals surface area contributed by atoms with Crippen molar-refractivity contribution in [3.05, 3.63) is 0 Å². The first-order valence-corrected chi connectivity index (χ1v) is 2.35. The van der Waals surface area contributed by atoms with Crippen LogP contribution in [0.4, 0.5) is 0 Å². The second-order valence-corrected chi connectivity index (χ2v) is 1.54. The van der Waals surface area contributed by atoms with Crippen LogP contribution in [0.1, 0.15) is 0 Å². The minimum absolute atomic E-state index is 0. The topological polar surface area (TPSA) is 77.8 Å². The molecule has 1 radical (unpaired) electrons. The summed E-state index contributed by atoms with van der Waals surface area (Å²) in [7, 11) is -4.64. The van der Waals surface area contributed by atoms with Gasteiger partial charge in [-0.15, -0.1) is 0 Å². The first-order valence-electron chi connectivity index (χ1n) is 0.783. The van der Waals surface area contributed by atoms with Crippen LogP contribution < -0.4 is 0 Å². The zero-order valence-electron chi connectivity index (χ0n) is 3.70. The van der Waals surface area contributed by atoms with E-state index in [4.69, 9.17) is 19.2 Å². The summed E-state index contributed by atoms with van der Waals surface area (Å²) in [5.74, 6) is 0. The van der Waals surface area contributed by atoms with E-state index in [0.29, 0.717) is 0 Å². The molecule has 0 spiro atoms. The Morgan fingerprint density at radius 1 is 1.14 bits per heavy atom. The predicted molar refractivity (Wildman–Crippen MR) is 24.2 cm³/mol. The molecule has 0 bridgehead atoms. The molecule has 0 heterocycles. The molecule has 0 aliphatic rings. The molecular formula is H6O4PSiZr. The van der Waals surface area contributed by atoms with E-state index in [-0.39, 0.29) is 37.2 Å². The summed E-state index contributed by atoms with van der Waals surface area (Å²) >= 11 is 0. The molecule has 43 valence electrons. The van der Waals surface area contributed by atoms with Gasteiger partial charge in [0.2, 0.25) is 0 Å². The van der Waals surface area contributed by atoms with Crippen molar-refractivity contribution in [3.8, 4) is 0 Å². The largest absolute Gasteiger partial charge is 0.466 e. The van der Waals surface area contributed by atoms with Crippen molar-refractivity contribution in [1.29, 1.82) is 0 Å². The average molecular weight is 220 g/mol. The normalized spacial score (nSPS) is 8.43. The van der Waals surface area contributed by atoms with Gasteiger partial charge in [-0.25, -0.2) is 4.57 Å². The van der Waals surface area contributed by atoms with Crippen LogP contribution in [0.5, 0.6) is 0 Å². The van der Waals surface area contributed by atoms with E-state index < -0.39 is 7.82 Å². The first kappa shape index (κ1) is 15.7. The van der Waals surface area contributed by atoms with E-state index in [1.807, 2.05) is 0 Å². The molecular weight excluding hydrogens is 214 g/mol. The fraction of sp³-hybridized carbons (Fsp3) is 0. The van der Waals surface area contributed by atoms with Crippen LogP contribution in [0.2, 0.25) is 0 Å². The van der Waals surface area contributed by atoms with Crippen LogP contribution in [0.15, 0.2) is 0 Å². The molecule has 0 atom stereocenters. The number of hydrogen-bond donors (Lipinski definition) is 3. The minimum atomic E-state index is -4.64. The first-order chi connectivity index (χ1) is 2.00. The Hall–Kier alpha value is 1.21. The molecule has 3 N–H and O–H groups in total. The monoisotopic (exact) mass is 219 g/mol. The molecule has 4 nitrogen and oxygen atoms in total. The molecule has 0 aliphatic carbocycles. The molecule has 0 rings (SSSR count). The maximum absolute atomic E-state index is 8.88. The Kier molecular flexibility index (Phi) is 12.0. The number of hydrogen-bond acceptors (Lipinski definition) is 1. The van der Waals surface area contributed by atoms with Crippen LogP contribution >= 0.6 is 7.82 Å². The van der Waals surface area contributed by atoms with Gasteiger partial charge in [0.1, 0.15) is 0 Å². The van der Waals surface area contributed by atoms with Crippen LogP contribution in [-0.2, 0) is 30.8 Å². The summed E-state index contributed by atoms with van der Waals surface area (Å²) in [5, 5.41) is 0. The third-order valence-corrected chi connectivity index (χ3v) is 0. The fourth-order valence-corrected chi connectivity index (χ4v) is 0. The van der Waals surface area contributed by atoms with Gasteiger partial charge in [0.25, 0.3) is 0 Å². The van der Waals surface area contributed by atoms with Gasteiger partial charge in [-0.3, -0.25) is 0 Å². The quantitative estimate of drug-likeness (QED) is 0.322. The fourth-order valence-electron chi connectivity index (χ4n) is 0. The summed E-state index contributed by atoms with van der Waals surface area (Å²) in [5.41, 5.74) is 0. The SMILES string of the molecule is O=P(O)(O)O.[SiH3].[Zr]. The maximum atomic E-state index is 8.88. The third-order valence-electron chi connectivity index (χ3n) is 0. The van der Waals surface area contributed by atoms with Crippen LogP contribution in [0, 0.1) is 0 Å². The van der Waals surface area contributed by atoms with Crippen molar-refractivity contribution in [2.24, 2.45) is 0 Å². The molecule has 0 aromatic rings. The smallest absolute Gasteiger partial charge is 0.303 e. The van der Waals surface area contributed by atoms with Gasteiger partial charge in [0.05, 0.1) is 0 Å². The maximum Gasteiger partial charge on any atom is 0.466 e. The second kappa shape index (κ2) is 5.35.